The molecule has 0 atom stereocenters. The Kier molecular flexibility index (Phi) is 4.10. The predicted octanol–water partition coefficient (Wildman–Crippen LogP) is 3.37. The molecule has 0 aliphatic heterocycles. The molecule has 2 aromatic rings. The lowest BCUT2D eigenvalue weighted by molar-refractivity contribution is 0.538. The summed E-state index contributed by atoms with van der Waals surface area (Å²) in [5.74, 6) is 0.761. The second-order valence-electron chi connectivity index (χ2n) is 4.85. The molecule has 17 heavy (non-hydrogen) atoms. The van der Waals surface area contributed by atoms with Crippen LogP contribution in [-0.2, 0) is 6.54 Å². The Morgan fingerprint density at radius 1 is 1.18 bits per heavy atom. The van der Waals surface area contributed by atoms with Gasteiger partial charge >= 0.3 is 0 Å². The van der Waals surface area contributed by atoms with E-state index in [4.69, 9.17) is 0 Å². The maximum atomic E-state index is 4.37. The van der Waals surface area contributed by atoms with Gasteiger partial charge in [-0.1, -0.05) is 32.0 Å². The summed E-state index contributed by atoms with van der Waals surface area (Å²) < 4.78 is 0. The van der Waals surface area contributed by atoms with Gasteiger partial charge < -0.3 is 5.32 Å². The van der Waals surface area contributed by atoms with Crippen LogP contribution in [-0.4, -0.2) is 11.5 Å². The van der Waals surface area contributed by atoms with E-state index in [1.165, 1.54) is 17.4 Å². The van der Waals surface area contributed by atoms with Crippen molar-refractivity contribution in [3.05, 3.63) is 42.1 Å². The molecular formula is C15H20N2. The lowest BCUT2D eigenvalue weighted by Gasteiger charge is -2.09. The Bertz CT molecular complexity index is 472. The highest BCUT2D eigenvalue weighted by atomic mass is 14.8. The first-order valence-electron chi connectivity index (χ1n) is 6.30. The molecule has 1 N–H and O–H groups in total. The number of hydrogen-bond acceptors (Lipinski definition) is 2. The summed E-state index contributed by atoms with van der Waals surface area (Å²) in [5, 5.41) is 4.75. The molecule has 0 saturated carbocycles. The van der Waals surface area contributed by atoms with Gasteiger partial charge in [0.2, 0.25) is 0 Å². The fourth-order valence-corrected chi connectivity index (χ4v) is 1.92. The minimum Gasteiger partial charge on any atom is -0.313 e. The van der Waals surface area contributed by atoms with Crippen LogP contribution in [0.5, 0.6) is 0 Å². The summed E-state index contributed by atoms with van der Waals surface area (Å²) in [4.78, 5) is 4.37. The number of benzene rings is 1. The number of rotatable bonds is 5. The molecule has 1 heterocycles. The Hall–Kier alpha value is -1.41. The number of nitrogens with zero attached hydrogens (tertiary/aromatic N) is 1. The summed E-state index contributed by atoms with van der Waals surface area (Å²) in [7, 11) is 0. The smallest absolute Gasteiger partial charge is 0.0705 e. The Labute approximate surface area is 103 Å². The number of nitrogens with one attached hydrogen (secondary N) is 1. The first-order valence-corrected chi connectivity index (χ1v) is 6.30. The molecule has 0 aliphatic rings. The molecule has 0 amide bonds. The van der Waals surface area contributed by atoms with Crippen molar-refractivity contribution >= 4 is 10.9 Å². The number of pyridine rings is 1. The van der Waals surface area contributed by atoms with Crippen LogP contribution in [0.2, 0.25) is 0 Å². The highest BCUT2D eigenvalue weighted by molar-refractivity contribution is 5.81. The molecular weight excluding hydrogens is 208 g/mol. The molecule has 0 fully saturated rings. The van der Waals surface area contributed by atoms with Gasteiger partial charge in [0.25, 0.3) is 0 Å². The number of fused-ring (bicyclic) bond motifs is 1. The zero-order valence-corrected chi connectivity index (χ0v) is 10.6. The van der Waals surface area contributed by atoms with Crippen molar-refractivity contribution in [3.63, 3.8) is 0 Å². The number of aromatic nitrogens is 1. The minimum atomic E-state index is 0.761. The Morgan fingerprint density at radius 3 is 2.82 bits per heavy atom. The second kappa shape index (κ2) is 5.78. The van der Waals surface area contributed by atoms with Crippen molar-refractivity contribution in [1.29, 1.82) is 0 Å². The van der Waals surface area contributed by atoms with Gasteiger partial charge in [-0.05, 0) is 36.6 Å². The van der Waals surface area contributed by atoms with E-state index in [9.17, 15) is 0 Å². The van der Waals surface area contributed by atoms with Gasteiger partial charge in [-0.3, -0.25) is 4.98 Å². The molecule has 1 aromatic carbocycles. The van der Waals surface area contributed by atoms with Crippen LogP contribution in [0, 0.1) is 5.92 Å². The van der Waals surface area contributed by atoms with Gasteiger partial charge in [-0.25, -0.2) is 0 Å². The third-order valence-corrected chi connectivity index (χ3v) is 2.95. The van der Waals surface area contributed by atoms with Crippen molar-refractivity contribution in [2.75, 3.05) is 6.54 Å². The first-order chi connectivity index (χ1) is 8.27. The molecule has 2 rings (SSSR count). The molecule has 0 spiro atoms. The summed E-state index contributed by atoms with van der Waals surface area (Å²) in [6.07, 6.45) is 3.12. The van der Waals surface area contributed by atoms with E-state index in [0.717, 1.165) is 24.5 Å². The zero-order chi connectivity index (χ0) is 12.1. The molecule has 2 nitrogen and oxygen atoms in total. The minimum absolute atomic E-state index is 0.761. The van der Waals surface area contributed by atoms with Crippen molar-refractivity contribution in [2.45, 2.75) is 26.8 Å². The molecule has 0 saturated heterocycles. The number of hydrogen-bond donors (Lipinski definition) is 1. The highest BCUT2D eigenvalue weighted by Crippen LogP contribution is 2.15. The molecule has 0 unspecified atom stereocenters. The molecule has 0 bridgehead atoms. The lowest BCUT2D eigenvalue weighted by Crippen LogP contribution is -2.16. The molecule has 0 aliphatic carbocycles. The lowest BCUT2D eigenvalue weighted by atomic mass is 10.1. The van der Waals surface area contributed by atoms with Gasteiger partial charge in [0.15, 0.2) is 0 Å². The predicted molar refractivity (Wildman–Crippen MR) is 72.9 cm³/mol. The summed E-state index contributed by atoms with van der Waals surface area (Å²) in [6, 6.07) is 10.4. The number of para-hydroxylation sites is 1. The van der Waals surface area contributed by atoms with E-state index >= 15 is 0 Å². The van der Waals surface area contributed by atoms with Crippen molar-refractivity contribution < 1.29 is 0 Å². The fourth-order valence-electron chi connectivity index (χ4n) is 1.92. The van der Waals surface area contributed by atoms with Crippen LogP contribution >= 0.6 is 0 Å². The maximum absolute atomic E-state index is 4.37. The quantitative estimate of drug-likeness (QED) is 0.794. The van der Waals surface area contributed by atoms with Crippen molar-refractivity contribution in [3.8, 4) is 0 Å². The van der Waals surface area contributed by atoms with Crippen LogP contribution in [0.1, 0.15) is 25.8 Å². The van der Waals surface area contributed by atoms with E-state index in [-0.39, 0.29) is 0 Å². The zero-order valence-electron chi connectivity index (χ0n) is 10.6. The summed E-state index contributed by atoms with van der Waals surface area (Å²) in [5.41, 5.74) is 2.41. The van der Waals surface area contributed by atoms with E-state index < -0.39 is 0 Å². The third-order valence-electron chi connectivity index (χ3n) is 2.95. The van der Waals surface area contributed by atoms with Crippen LogP contribution in [0.3, 0.4) is 0 Å². The monoisotopic (exact) mass is 228 g/mol. The van der Waals surface area contributed by atoms with Crippen LogP contribution in [0.4, 0.5) is 0 Å². The third kappa shape index (κ3) is 3.27. The summed E-state index contributed by atoms with van der Waals surface area (Å²) in [6.45, 7) is 6.51. The van der Waals surface area contributed by atoms with Gasteiger partial charge in [0.05, 0.1) is 5.52 Å². The molecule has 1 aromatic heterocycles. The standard InChI is InChI=1S/C15H20N2/c1-12(2)7-9-16-11-13-8-10-17-15-6-4-3-5-14(13)15/h3-6,8,10,12,16H,7,9,11H2,1-2H3. The average molecular weight is 228 g/mol. The van der Waals surface area contributed by atoms with E-state index in [1.54, 1.807) is 0 Å². The van der Waals surface area contributed by atoms with Gasteiger partial charge in [-0.2, -0.15) is 0 Å². The first kappa shape index (κ1) is 12.1. The Morgan fingerprint density at radius 2 is 2.00 bits per heavy atom. The maximum Gasteiger partial charge on any atom is 0.0705 e. The molecule has 90 valence electrons. The van der Waals surface area contributed by atoms with Gasteiger partial charge in [-0.15, -0.1) is 0 Å². The topological polar surface area (TPSA) is 24.9 Å². The van der Waals surface area contributed by atoms with Crippen LogP contribution in [0.15, 0.2) is 36.5 Å². The molecule has 2 heteroatoms. The van der Waals surface area contributed by atoms with E-state index in [1.807, 2.05) is 12.3 Å². The normalized spacial score (nSPS) is 11.2. The molecule has 0 radical (unpaired) electrons. The van der Waals surface area contributed by atoms with Gasteiger partial charge in [0.1, 0.15) is 0 Å². The highest BCUT2D eigenvalue weighted by Gasteiger charge is 2.00. The fraction of sp³-hybridized carbons (Fsp3) is 0.400. The largest absolute Gasteiger partial charge is 0.313 e. The van der Waals surface area contributed by atoms with E-state index in [0.29, 0.717) is 0 Å². The van der Waals surface area contributed by atoms with Crippen LogP contribution in [0.25, 0.3) is 10.9 Å². The van der Waals surface area contributed by atoms with Crippen molar-refractivity contribution in [2.24, 2.45) is 5.92 Å². The second-order valence-corrected chi connectivity index (χ2v) is 4.85. The van der Waals surface area contributed by atoms with E-state index in [2.05, 4.69) is 48.4 Å². The van der Waals surface area contributed by atoms with Gasteiger partial charge in [0, 0.05) is 18.1 Å². The van der Waals surface area contributed by atoms with Crippen LogP contribution < -0.4 is 5.32 Å². The Balaban J connectivity index is 2.03. The SMILES string of the molecule is CC(C)CCNCc1ccnc2ccccc12. The van der Waals surface area contributed by atoms with Crippen molar-refractivity contribution in [1.82, 2.24) is 10.3 Å². The summed E-state index contributed by atoms with van der Waals surface area (Å²) >= 11 is 0. The average Bonchev–Trinajstić information content (AvgIpc) is 2.34.